The number of nitrogens with zero attached hydrogens (tertiary/aromatic N) is 4. The first-order chi connectivity index (χ1) is 20.1. The van der Waals surface area contributed by atoms with Crippen LogP contribution in [0.15, 0.2) is 89.0 Å². The number of hydrogen-bond donors (Lipinski definition) is 2. The van der Waals surface area contributed by atoms with E-state index in [0.717, 1.165) is 16.7 Å². The number of aliphatic imine (C=N–C) groups is 1. The molecule has 0 radical (unpaired) electrons. The average molecular weight is 558 g/mol. The van der Waals surface area contributed by atoms with Crippen molar-refractivity contribution in [3.8, 4) is 5.75 Å². The number of rotatable bonds is 15. The number of carbonyl (C=O) groups excluding carboxylic acids is 1. The zero-order valence-electron chi connectivity index (χ0n) is 23.1. The second-order valence-electron chi connectivity index (χ2n) is 9.64. The number of carbonyl (C=O) groups is 1. The maximum absolute atomic E-state index is 14.2. The summed E-state index contributed by atoms with van der Waals surface area (Å²) >= 11 is 0. The van der Waals surface area contributed by atoms with Gasteiger partial charge in [-0.05, 0) is 52.9 Å². The summed E-state index contributed by atoms with van der Waals surface area (Å²) in [5, 5.41) is 15.9. The minimum Gasteiger partial charge on any atom is -0.494 e. The van der Waals surface area contributed by atoms with E-state index in [4.69, 9.17) is 29.8 Å². The van der Waals surface area contributed by atoms with E-state index in [-0.39, 0.29) is 25.5 Å². The summed E-state index contributed by atoms with van der Waals surface area (Å²) in [5.74, 6) is 0.724. The standard InChI is InChI=1S/C31H35N5O5/c1-39-19-7-17-33-30(38)31(21-23-9-3-2-4-10-23)28(27-12-6-5-11-25(27)22-34-36-32)41-29(35-31)24-13-15-26(16-14-24)40-20-8-18-37/h2-6,9-16,28,37H,7-8,17-22H2,1H3,(H,33,38)/t28-,31-/m1/s1. The van der Waals surface area contributed by atoms with Crippen molar-refractivity contribution in [1.82, 2.24) is 5.32 Å². The average Bonchev–Trinajstić information content (AvgIpc) is 3.39. The van der Waals surface area contributed by atoms with Gasteiger partial charge in [-0.15, -0.1) is 0 Å². The Hall–Kier alpha value is -4.37. The van der Waals surface area contributed by atoms with Crippen LogP contribution in [0.25, 0.3) is 10.4 Å². The molecule has 0 unspecified atom stereocenters. The fourth-order valence-corrected chi connectivity index (χ4v) is 4.78. The number of aliphatic hydroxyl groups is 1. The highest BCUT2D eigenvalue weighted by molar-refractivity contribution is 6.01. The molecule has 0 aliphatic carbocycles. The second kappa shape index (κ2) is 14.9. The second-order valence-corrected chi connectivity index (χ2v) is 9.64. The van der Waals surface area contributed by atoms with Gasteiger partial charge < -0.3 is 24.6 Å². The molecular formula is C31H35N5O5. The molecule has 2 N–H and O–H groups in total. The first-order valence-electron chi connectivity index (χ1n) is 13.6. The first kappa shape index (κ1) is 29.6. The number of methoxy groups -OCH3 is 1. The van der Waals surface area contributed by atoms with Crippen LogP contribution in [0.3, 0.4) is 0 Å². The fraction of sp³-hybridized carbons (Fsp3) is 0.355. The third-order valence-corrected chi connectivity index (χ3v) is 6.80. The van der Waals surface area contributed by atoms with Crippen LogP contribution < -0.4 is 10.1 Å². The Labute approximate surface area is 239 Å². The van der Waals surface area contributed by atoms with Gasteiger partial charge in [-0.2, -0.15) is 0 Å². The van der Waals surface area contributed by atoms with Gasteiger partial charge in [0.25, 0.3) is 5.91 Å². The van der Waals surface area contributed by atoms with E-state index < -0.39 is 11.6 Å². The molecular weight excluding hydrogens is 522 g/mol. The van der Waals surface area contributed by atoms with Crippen LogP contribution >= 0.6 is 0 Å². The van der Waals surface area contributed by atoms with E-state index in [0.29, 0.717) is 49.8 Å². The third kappa shape index (κ3) is 7.43. The van der Waals surface area contributed by atoms with Crippen molar-refractivity contribution in [2.75, 3.05) is 33.5 Å². The highest BCUT2D eigenvalue weighted by Gasteiger charge is 2.53. The minimum absolute atomic E-state index is 0.0578. The van der Waals surface area contributed by atoms with E-state index in [2.05, 4.69) is 15.3 Å². The zero-order valence-corrected chi connectivity index (χ0v) is 23.1. The Morgan fingerprint density at radius 1 is 1.07 bits per heavy atom. The molecule has 0 aromatic heterocycles. The molecule has 2 atom stereocenters. The van der Waals surface area contributed by atoms with Gasteiger partial charge in [0.15, 0.2) is 11.6 Å². The number of nitrogens with one attached hydrogen (secondary N) is 1. The summed E-state index contributed by atoms with van der Waals surface area (Å²) in [6.07, 6.45) is 0.689. The number of ether oxygens (including phenoxy) is 3. The molecule has 0 fully saturated rings. The number of benzene rings is 3. The Balaban J connectivity index is 1.78. The van der Waals surface area contributed by atoms with Gasteiger partial charge in [0.2, 0.25) is 5.90 Å². The number of azide groups is 1. The van der Waals surface area contributed by atoms with Crippen LogP contribution in [0.5, 0.6) is 5.75 Å². The summed E-state index contributed by atoms with van der Waals surface area (Å²) in [6.45, 7) is 1.50. The van der Waals surface area contributed by atoms with Crippen LogP contribution in [0, 0.1) is 0 Å². The van der Waals surface area contributed by atoms with Crippen molar-refractivity contribution in [3.05, 3.63) is 112 Å². The Bertz CT molecular complexity index is 1360. The van der Waals surface area contributed by atoms with Crippen molar-refractivity contribution in [1.29, 1.82) is 0 Å². The summed E-state index contributed by atoms with van der Waals surface area (Å²) in [5.41, 5.74) is 10.8. The van der Waals surface area contributed by atoms with Crippen molar-refractivity contribution >= 4 is 11.8 Å². The highest BCUT2D eigenvalue weighted by Crippen LogP contribution is 2.43. The molecule has 41 heavy (non-hydrogen) atoms. The Morgan fingerprint density at radius 3 is 2.56 bits per heavy atom. The summed E-state index contributed by atoms with van der Waals surface area (Å²) < 4.78 is 17.4. The lowest BCUT2D eigenvalue weighted by molar-refractivity contribution is -0.129. The van der Waals surface area contributed by atoms with E-state index in [1.807, 2.05) is 78.9 Å². The summed E-state index contributed by atoms with van der Waals surface area (Å²) in [6, 6.07) is 24.5. The molecule has 1 amide bonds. The lowest BCUT2D eigenvalue weighted by Crippen LogP contribution is -2.50. The molecule has 0 bridgehead atoms. The molecule has 0 saturated heterocycles. The molecule has 10 nitrogen and oxygen atoms in total. The highest BCUT2D eigenvalue weighted by atomic mass is 16.5. The van der Waals surface area contributed by atoms with Crippen LogP contribution in [-0.4, -0.2) is 55.9 Å². The van der Waals surface area contributed by atoms with Gasteiger partial charge in [0, 0.05) is 50.2 Å². The molecule has 4 rings (SSSR count). The first-order valence-corrected chi connectivity index (χ1v) is 13.6. The molecule has 0 spiro atoms. The van der Waals surface area contributed by atoms with Gasteiger partial charge in [-0.1, -0.05) is 59.7 Å². The Kier molecular flexibility index (Phi) is 10.7. The lowest BCUT2D eigenvalue weighted by Gasteiger charge is -2.31. The normalized spacial score (nSPS) is 17.7. The molecule has 214 valence electrons. The molecule has 10 heteroatoms. The van der Waals surface area contributed by atoms with Gasteiger partial charge >= 0.3 is 0 Å². The zero-order chi connectivity index (χ0) is 28.9. The molecule has 3 aromatic carbocycles. The predicted molar refractivity (Wildman–Crippen MR) is 156 cm³/mol. The third-order valence-electron chi connectivity index (χ3n) is 6.80. The van der Waals surface area contributed by atoms with Crippen molar-refractivity contribution < 1.29 is 24.1 Å². The van der Waals surface area contributed by atoms with Crippen LogP contribution in [0.1, 0.15) is 41.2 Å². The molecule has 1 aliphatic rings. The summed E-state index contributed by atoms with van der Waals surface area (Å²) in [4.78, 5) is 22.1. The van der Waals surface area contributed by atoms with Crippen LogP contribution in [0.2, 0.25) is 0 Å². The molecule has 3 aromatic rings. The van der Waals surface area contributed by atoms with Crippen LogP contribution in [-0.2, 0) is 27.2 Å². The van der Waals surface area contributed by atoms with Gasteiger partial charge in [-0.25, -0.2) is 4.99 Å². The van der Waals surface area contributed by atoms with Crippen molar-refractivity contribution in [3.63, 3.8) is 0 Å². The maximum atomic E-state index is 14.2. The van der Waals surface area contributed by atoms with E-state index in [1.54, 1.807) is 7.11 Å². The topological polar surface area (TPSA) is 138 Å². The van der Waals surface area contributed by atoms with E-state index in [9.17, 15) is 4.79 Å². The van der Waals surface area contributed by atoms with Crippen molar-refractivity contribution in [2.45, 2.75) is 37.5 Å². The maximum Gasteiger partial charge on any atom is 0.252 e. The molecule has 1 aliphatic heterocycles. The van der Waals surface area contributed by atoms with E-state index in [1.165, 1.54) is 0 Å². The van der Waals surface area contributed by atoms with E-state index >= 15 is 0 Å². The minimum atomic E-state index is -1.34. The molecule has 1 heterocycles. The number of aliphatic hydroxyl groups excluding tert-OH is 1. The monoisotopic (exact) mass is 557 g/mol. The molecule has 0 saturated carbocycles. The Morgan fingerprint density at radius 2 is 1.83 bits per heavy atom. The van der Waals surface area contributed by atoms with Gasteiger partial charge in [-0.3, -0.25) is 4.79 Å². The van der Waals surface area contributed by atoms with Crippen molar-refractivity contribution in [2.24, 2.45) is 10.1 Å². The van der Waals surface area contributed by atoms with Gasteiger partial charge in [0.1, 0.15) is 5.75 Å². The number of hydrogen-bond acceptors (Lipinski definition) is 7. The van der Waals surface area contributed by atoms with Gasteiger partial charge in [0.05, 0.1) is 13.2 Å². The smallest absolute Gasteiger partial charge is 0.252 e. The number of amides is 1. The quantitative estimate of drug-likeness (QED) is 0.118. The SMILES string of the molecule is COCCCNC(=O)[C@]1(Cc2ccccc2)N=C(c2ccc(OCCCO)cc2)O[C@@H]1c1ccccc1CN=[N+]=[N-]. The largest absolute Gasteiger partial charge is 0.494 e. The summed E-state index contributed by atoms with van der Waals surface area (Å²) in [7, 11) is 1.62. The van der Waals surface area contributed by atoms with Crippen LogP contribution in [0.4, 0.5) is 0 Å². The lowest BCUT2D eigenvalue weighted by atomic mass is 9.80. The fourth-order valence-electron chi connectivity index (χ4n) is 4.78. The predicted octanol–water partition coefficient (Wildman–Crippen LogP) is 4.91.